The van der Waals surface area contributed by atoms with Gasteiger partial charge in [-0.3, -0.25) is 0 Å². The van der Waals surface area contributed by atoms with E-state index in [-0.39, 0.29) is 6.04 Å². The molecule has 1 aromatic heterocycles. The molecular formula is C17H25N3O3S. The maximum absolute atomic E-state index is 12.4. The summed E-state index contributed by atoms with van der Waals surface area (Å²) >= 11 is 0. The summed E-state index contributed by atoms with van der Waals surface area (Å²) < 4.78 is 36.5. The quantitative estimate of drug-likeness (QED) is 0.740. The van der Waals surface area contributed by atoms with Gasteiger partial charge in [0.2, 0.25) is 0 Å². The van der Waals surface area contributed by atoms with Gasteiger partial charge in [0.15, 0.2) is 0 Å². The largest absolute Gasteiger partial charge is 0.383 e. The van der Waals surface area contributed by atoms with Gasteiger partial charge in [0.25, 0.3) is 10.2 Å². The lowest BCUT2D eigenvalue weighted by atomic mass is 10.2. The lowest BCUT2D eigenvalue weighted by Crippen LogP contribution is -2.45. The smallest absolute Gasteiger partial charge is 0.279 e. The molecular weight excluding hydrogens is 326 g/mol. The van der Waals surface area contributed by atoms with E-state index in [1.807, 2.05) is 18.3 Å². The minimum atomic E-state index is -3.42. The molecule has 0 bridgehead atoms. The van der Waals surface area contributed by atoms with E-state index in [1.165, 1.54) is 10.9 Å². The zero-order valence-electron chi connectivity index (χ0n) is 14.0. The molecule has 0 amide bonds. The first-order valence-corrected chi connectivity index (χ1v) is 9.85. The number of aromatic nitrogens is 1. The fourth-order valence-electron chi connectivity index (χ4n) is 3.35. The Kier molecular flexibility index (Phi) is 5.55. The van der Waals surface area contributed by atoms with Crippen LogP contribution in [0.3, 0.4) is 0 Å². The van der Waals surface area contributed by atoms with Crippen molar-refractivity contribution in [1.29, 1.82) is 0 Å². The molecule has 2 aromatic rings. The Labute approximate surface area is 143 Å². The number of fused-ring (bicyclic) bond motifs is 1. The van der Waals surface area contributed by atoms with E-state index < -0.39 is 10.2 Å². The maximum Gasteiger partial charge on any atom is 0.279 e. The molecule has 1 atom stereocenters. The van der Waals surface area contributed by atoms with Crippen LogP contribution in [-0.2, 0) is 21.5 Å². The summed E-state index contributed by atoms with van der Waals surface area (Å²) in [5.74, 6) is 0. The molecule has 0 aliphatic carbocycles. The normalized spacial score (nSPS) is 19.3. The molecule has 3 rings (SSSR count). The SMILES string of the molecule is COC[C@H]1CCCN1S(=O)(=O)NCCCn1ccc2ccccc21. The second-order valence-corrected chi connectivity index (χ2v) is 7.89. The summed E-state index contributed by atoms with van der Waals surface area (Å²) in [5.41, 5.74) is 1.18. The summed E-state index contributed by atoms with van der Waals surface area (Å²) in [5, 5.41) is 1.21. The number of aryl methyl sites for hydroxylation is 1. The van der Waals surface area contributed by atoms with Crippen LogP contribution >= 0.6 is 0 Å². The van der Waals surface area contributed by atoms with Crippen molar-refractivity contribution in [3.8, 4) is 0 Å². The number of rotatable bonds is 8. The molecule has 132 valence electrons. The van der Waals surface area contributed by atoms with Gasteiger partial charge in [-0.05, 0) is 36.8 Å². The standard InChI is InChI=1S/C17H25N3O3S/c1-23-14-16-7-4-12-20(16)24(21,22)18-10-5-11-19-13-9-15-6-2-3-8-17(15)19/h2-3,6,8-9,13,16,18H,4-5,7,10-12,14H2,1H3/t16-/m1/s1. The summed E-state index contributed by atoms with van der Waals surface area (Å²) in [6.45, 7) is 2.25. The average Bonchev–Trinajstić information content (AvgIpc) is 3.19. The van der Waals surface area contributed by atoms with Gasteiger partial charge in [0.05, 0.1) is 6.61 Å². The predicted molar refractivity (Wildman–Crippen MR) is 95.1 cm³/mol. The Morgan fingerprint density at radius 1 is 1.29 bits per heavy atom. The number of nitrogens with zero attached hydrogens (tertiary/aromatic N) is 2. The van der Waals surface area contributed by atoms with E-state index in [4.69, 9.17) is 4.74 Å². The molecule has 1 N–H and O–H groups in total. The minimum Gasteiger partial charge on any atom is -0.383 e. The van der Waals surface area contributed by atoms with Crippen molar-refractivity contribution in [2.75, 3.05) is 26.8 Å². The van der Waals surface area contributed by atoms with Gasteiger partial charge < -0.3 is 9.30 Å². The molecule has 1 fully saturated rings. The fraction of sp³-hybridized carbons (Fsp3) is 0.529. The first kappa shape index (κ1) is 17.4. The molecule has 0 spiro atoms. The van der Waals surface area contributed by atoms with Crippen LogP contribution in [0.2, 0.25) is 0 Å². The van der Waals surface area contributed by atoms with Crippen LogP contribution in [-0.4, -0.2) is 50.1 Å². The highest BCUT2D eigenvalue weighted by atomic mass is 32.2. The zero-order chi connectivity index (χ0) is 17.0. The van der Waals surface area contributed by atoms with Crippen LogP contribution in [0.4, 0.5) is 0 Å². The van der Waals surface area contributed by atoms with E-state index in [0.717, 1.165) is 25.8 Å². The van der Waals surface area contributed by atoms with E-state index in [0.29, 0.717) is 19.7 Å². The van der Waals surface area contributed by atoms with Crippen LogP contribution in [0.25, 0.3) is 10.9 Å². The third-order valence-corrected chi connectivity index (χ3v) is 6.20. The van der Waals surface area contributed by atoms with Gasteiger partial charge in [-0.1, -0.05) is 18.2 Å². The minimum absolute atomic E-state index is 0.0408. The Morgan fingerprint density at radius 2 is 2.12 bits per heavy atom. The molecule has 6 nitrogen and oxygen atoms in total. The topological polar surface area (TPSA) is 63.6 Å². The Morgan fingerprint density at radius 3 is 2.96 bits per heavy atom. The van der Waals surface area contributed by atoms with E-state index in [2.05, 4.69) is 27.5 Å². The Hall–Kier alpha value is -1.41. The zero-order valence-corrected chi connectivity index (χ0v) is 14.8. The fourth-order valence-corrected chi connectivity index (χ4v) is 4.85. The molecule has 0 radical (unpaired) electrons. The number of para-hydroxylation sites is 1. The first-order valence-electron chi connectivity index (χ1n) is 8.41. The summed E-state index contributed by atoms with van der Waals surface area (Å²) in [7, 11) is -1.81. The number of hydrogen-bond acceptors (Lipinski definition) is 3. The molecule has 7 heteroatoms. The van der Waals surface area contributed by atoms with Crippen molar-refractivity contribution in [2.24, 2.45) is 0 Å². The lowest BCUT2D eigenvalue weighted by molar-refractivity contribution is 0.148. The highest BCUT2D eigenvalue weighted by molar-refractivity contribution is 7.87. The third kappa shape index (κ3) is 3.80. The Bertz CT molecular complexity index is 772. The molecule has 0 saturated carbocycles. The summed E-state index contributed by atoms with van der Waals surface area (Å²) in [4.78, 5) is 0. The third-order valence-electron chi connectivity index (χ3n) is 4.53. The molecule has 2 heterocycles. The summed E-state index contributed by atoms with van der Waals surface area (Å²) in [6.07, 6.45) is 4.56. The van der Waals surface area contributed by atoms with Gasteiger partial charge in [-0.25, -0.2) is 4.72 Å². The molecule has 1 aliphatic rings. The number of benzene rings is 1. The van der Waals surface area contributed by atoms with Crippen molar-refractivity contribution in [2.45, 2.75) is 31.8 Å². The van der Waals surface area contributed by atoms with E-state index in [1.54, 1.807) is 11.4 Å². The maximum atomic E-state index is 12.4. The van der Waals surface area contributed by atoms with Crippen LogP contribution in [0.5, 0.6) is 0 Å². The second-order valence-electron chi connectivity index (χ2n) is 6.18. The van der Waals surface area contributed by atoms with Crippen LogP contribution in [0.15, 0.2) is 36.5 Å². The van der Waals surface area contributed by atoms with Crippen molar-refractivity contribution in [3.05, 3.63) is 36.5 Å². The monoisotopic (exact) mass is 351 g/mol. The average molecular weight is 351 g/mol. The van der Waals surface area contributed by atoms with Crippen molar-refractivity contribution < 1.29 is 13.2 Å². The highest BCUT2D eigenvalue weighted by Gasteiger charge is 2.33. The molecule has 1 aromatic carbocycles. The highest BCUT2D eigenvalue weighted by Crippen LogP contribution is 2.20. The van der Waals surface area contributed by atoms with Crippen molar-refractivity contribution in [1.82, 2.24) is 13.6 Å². The van der Waals surface area contributed by atoms with Gasteiger partial charge >= 0.3 is 0 Å². The molecule has 1 saturated heterocycles. The van der Waals surface area contributed by atoms with Gasteiger partial charge in [-0.2, -0.15) is 12.7 Å². The number of methoxy groups -OCH3 is 1. The lowest BCUT2D eigenvalue weighted by Gasteiger charge is -2.23. The second kappa shape index (κ2) is 7.65. The van der Waals surface area contributed by atoms with Crippen molar-refractivity contribution >= 4 is 21.1 Å². The molecule has 1 aliphatic heterocycles. The van der Waals surface area contributed by atoms with Crippen LogP contribution in [0, 0.1) is 0 Å². The molecule has 24 heavy (non-hydrogen) atoms. The van der Waals surface area contributed by atoms with E-state index in [9.17, 15) is 8.42 Å². The van der Waals surface area contributed by atoms with Gasteiger partial charge in [-0.15, -0.1) is 0 Å². The number of ether oxygens (including phenoxy) is 1. The summed E-state index contributed by atoms with van der Waals surface area (Å²) in [6, 6.07) is 10.2. The van der Waals surface area contributed by atoms with E-state index >= 15 is 0 Å². The predicted octanol–water partition coefficient (Wildman–Crippen LogP) is 1.98. The van der Waals surface area contributed by atoms with Crippen LogP contribution in [0.1, 0.15) is 19.3 Å². The first-order chi connectivity index (χ1) is 11.6. The number of hydrogen-bond donors (Lipinski definition) is 1. The number of nitrogens with one attached hydrogen (secondary N) is 1. The Balaban J connectivity index is 1.52. The van der Waals surface area contributed by atoms with Gasteiger partial charge in [0.1, 0.15) is 0 Å². The molecule has 0 unspecified atom stereocenters. The van der Waals surface area contributed by atoms with Crippen LogP contribution < -0.4 is 4.72 Å². The van der Waals surface area contributed by atoms with Gasteiger partial charge in [0, 0.05) is 44.5 Å². The van der Waals surface area contributed by atoms with Crippen molar-refractivity contribution in [3.63, 3.8) is 0 Å².